The van der Waals surface area contributed by atoms with Crippen LogP contribution >= 0.6 is 0 Å². The van der Waals surface area contributed by atoms with Gasteiger partial charge in [-0.2, -0.15) is 5.10 Å². The number of hydrogen-bond donors (Lipinski definition) is 0. The first-order chi connectivity index (χ1) is 14.7. The zero-order valence-electron chi connectivity index (χ0n) is 17.0. The molecule has 152 valence electrons. The predicted octanol–water partition coefficient (Wildman–Crippen LogP) is 4.42. The standard InChI is InChI=1S/C24H22N2O4/c1-28-19-14-21(29-2)20(22(15-19)30-3)16-25-26-23(17-10-6-4-7-11-17)24(27)18-12-8-5-9-13-18/h4-16H,1-3H3/b25-16+,26-23+. The molecule has 0 aromatic heterocycles. The van der Waals surface area contributed by atoms with E-state index in [4.69, 9.17) is 14.2 Å². The van der Waals surface area contributed by atoms with Crippen LogP contribution in [-0.4, -0.2) is 39.0 Å². The Morgan fingerprint density at radius 3 is 1.80 bits per heavy atom. The van der Waals surface area contributed by atoms with E-state index in [9.17, 15) is 4.79 Å². The summed E-state index contributed by atoms with van der Waals surface area (Å²) in [6.45, 7) is 0. The lowest BCUT2D eigenvalue weighted by molar-refractivity contribution is 0.106. The molecule has 6 heteroatoms. The van der Waals surface area contributed by atoms with Gasteiger partial charge in [0.05, 0.1) is 33.1 Å². The smallest absolute Gasteiger partial charge is 0.213 e. The van der Waals surface area contributed by atoms with Crippen molar-refractivity contribution < 1.29 is 19.0 Å². The summed E-state index contributed by atoms with van der Waals surface area (Å²) in [5.41, 5.74) is 2.04. The molecule has 3 rings (SSSR count). The fourth-order valence-corrected chi connectivity index (χ4v) is 2.86. The molecule has 0 spiro atoms. The number of nitrogens with zero attached hydrogens (tertiary/aromatic N) is 2. The quantitative estimate of drug-likeness (QED) is 0.318. The second-order valence-corrected chi connectivity index (χ2v) is 6.20. The van der Waals surface area contributed by atoms with E-state index in [1.165, 1.54) is 6.21 Å². The molecule has 3 aromatic carbocycles. The van der Waals surface area contributed by atoms with Crippen LogP contribution in [0, 0.1) is 0 Å². The van der Waals surface area contributed by atoms with Crippen molar-refractivity contribution >= 4 is 17.7 Å². The van der Waals surface area contributed by atoms with E-state index in [-0.39, 0.29) is 11.5 Å². The van der Waals surface area contributed by atoms with Crippen molar-refractivity contribution in [3.63, 3.8) is 0 Å². The van der Waals surface area contributed by atoms with E-state index in [2.05, 4.69) is 10.2 Å². The Morgan fingerprint density at radius 1 is 0.767 bits per heavy atom. The highest BCUT2D eigenvalue weighted by molar-refractivity contribution is 6.51. The number of methoxy groups -OCH3 is 3. The van der Waals surface area contributed by atoms with E-state index in [1.54, 1.807) is 45.6 Å². The van der Waals surface area contributed by atoms with Gasteiger partial charge < -0.3 is 14.2 Å². The maximum Gasteiger partial charge on any atom is 0.213 e. The zero-order valence-corrected chi connectivity index (χ0v) is 17.0. The van der Waals surface area contributed by atoms with Crippen LogP contribution in [0.5, 0.6) is 17.2 Å². The number of ketones is 1. The van der Waals surface area contributed by atoms with Crippen molar-refractivity contribution in [2.45, 2.75) is 0 Å². The SMILES string of the molecule is COc1cc(OC)c(/C=N/N=C(/C(=O)c2ccccc2)c2ccccc2)c(OC)c1. The lowest BCUT2D eigenvalue weighted by Gasteiger charge is -2.11. The second-order valence-electron chi connectivity index (χ2n) is 6.20. The van der Waals surface area contributed by atoms with Gasteiger partial charge in [0.2, 0.25) is 5.78 Å². The average molecular weight is 402 g/mol. The molecule has 0 heterocycles. The summed E-state index contributed by atoms with van der Waals surface area (Å²) in [6, 6.07) is 21.7. The molecule has 0 unspecified atom stereocenters. The molecule has 0 aliphatic carbocycles. The molecule has 0 fully saturated rings. The first-order valence-corrected chi connectivity index (χ1v) is 9.24. The van der Waals surface area contributed by atoms with Crippen LogP contribution in [0.15, 0.2) is 83.0 Å². The Kier molecular flexibility index (Phi) is 6.95. The molecule has 0 bridgehead atoms. The molecular weight excluding hydrogens is 380 g/mol. The third-order valence-corrected chi connectivity index (χ3v) is 4.40. The molecule has 0 saturated heterocycles. The van der Waals surface area contributed by atoms with Gasteiger partial charge >= 0.3 is 0 Å². The number of rotatable bonds is 8. The molecule has 0 aliphatic rings. The Bertz CT molecular complexity index is 1040. The Morgan fingerprint density at radius 2 is 1.30 bits per heavy atom. The summed E-state index contributed by atoms with van der Waals surface area (Å²) >= 11 is 0. The van der Waals surface area contributed by atoms with Gasteiger partial charge in [-0.1, -0.05) is 60.7 Å². The highest BCUT2D eigenvalue weighted by Gasteiger charge is 2.16. The first kappa shape index (κ1) is 20.8. The van der Waals surface area contributed by atoms with E-state index >= 15 is 0 Å². The maximum atomic E-state index is 13.0. The molecule has 0 aliphatic heterocycles. The Hall–Kier alpha value is -3.93. The molecule has 30 heavy (non-hydrogen) atoms. The number of hydrogen-bond acceptors (Lipinski definition) is 6. The molecule has 0 atom stereocenters. The van der Waals surface area contributed by atoms with Gasteiger partial charge in [0, 0.05) is 23.3 Å². The van der Waals surface area contributed by atoms with Crippen molar-refractivity contribution in [3.8, 4) is 17.2 Å². The molecule has 0 amide bonds. The summed E-state index contributed by atoms with van der Waals surface area (Å²) in [5.74, 6) is 1.41. The fraction of sp³-hybridized carbons (Fsp3) is 0.125. The van der Waals surface area contributed by atoms with Crippen molar-refractivity contribution in [2.24, 2.45) is 10.2 Å². The monoisotopic (exact) mass is 402 g/mol. The minimum atomic E-state index is -0.215. The van der Waals surface area contributed by atoms with E-state index in [0.717, 1.165) is 0 Å². The molecule has 0 saturated carbocycles. The summed E-state index contributed by atoms with van der Waals surface area (Å²) in [5, 5.41) is 8.43. The summed E-state index contributed by atoms with van der Waals surface area (Å²) in [7, 11) is 4.65. The minimum absolute atomic E-state index is 0.215. The van der Waals surface area contributed by atoms with Crippen LogP contribution in [0.4, 0.5) is 0 Å². The van der Waals surface area contributed by atoms with Crippen molar-refractivity contribution in [3.05, 3.63) is 89.5 Å². The topological polar surface area (TPSA) is 69.5 Å². The number of ether oxygens (including phenoxy) is 3. The molecule has 0 N–H and O–H groups in total. The van der Waals surface area contributed by atoms with Crippen LogP contribution in [-0.2, 0) is 0 Å². The van der Waals surface area contributed by atoms with E-state index in [0.29, 0.717) is 33.9 Å². The second kappa shape index (κ2) is 10.0. The van der Waals surface area contributed by atoms with Crippen molar-refractivity contribution in [1.82, 2.24) is 0 Å². The van der Waals surface area contributed by atoms with Crippen molar-refractivity contribution in [2.75, 3.05) is 21.3 Å². The Balaban J connectivity index is 2.03. The van der Waals surface area contributed by atoms with Gasteiger partial charge in [0.1, 0.15) is 23.0 Å². The number of carbonyl (C=O) groups excluding carboxylic acids is 1. The summed E-state index contributed by atoms with van der Waals surface area (Å²) in [6.07, 6.45) is 1.50. The lowest BCUT2D eigenvalue weighted by Crippen LogP contribution is -2.15. The summed E-state index contributed by atoms with van der Waals surface area (Å²) in [4.78, 5) is 13.0. The van der Waals surface area contributed by atoms with Crippen LogP contribution in [0.25, 0.3) is 0 Å². The van der Waals surface area contributed by atoms with Crippen LogP contribution in [0.2, 0.25) is 0 Å². The number of Topliss-reactive ketones (excluding diaryl/α,β-unsaturated/α-hetero) is 1. The van der Waals surface area contributed by atoms with E-state index < -0.39 is 0 Å². The van der Waals surface area contributed by atoms with Gasteiger partial charge in [0.15, 0.2) is 0 Å². The average Bonchev–Trinajstić information content (AvgIpc) is 2.82. The van der Waals surface area contributed by atoms with Gasteiger partial charge in [-0.15, -0.1) is 5.10 Å². The van der Waals surface area contributed by atoms with E-state index in [1.807, 2.05) is 48.5 Å². The number of benzene rings is 3. The van der Waals surface area contributed by atoms with Gasteiger partial charge in [-0.25, -0.2) is 0 Å². The van der Waals surface area contributed by atoms with Crippen LogP contribution in [0.3, 0.4) is 0 Å². The summed E-state index contributed by atoms with van der Waals surface area (Å²) < 4.78 is 16.1. The van der Waals surface area contributed by atoms with Gasteiger partial charge in [-0.05, 0) is 0 Å². The van der Waals surface area contributed by atoms with Gasteiger partial charge in [-0.3, -0.25) is 4.79 Å². The first-order valence-electron chi connectivity index (χ1n) is 9.24. The predicted molar refractivity (Wildman–Crippen MR) is 117 cm³/mol. The highest BCUT2D eigenvalue weighted by atomic mass is 16.5. The number of carbonyl (C=O) groups is 1. The largest absolute Gasteiger partial charge is 0.496 e. The molecule has 0 radical (unpaired) electrons. The van der Waals surface area contributed by atoms with Gasteiger partial charge in [0.25, 0.3) is 0 Å². The minimum Gasteiger partial charge on any atom is -0.496 e. The van der Waals surface area contributed by atoms with Crippen LogP contribution < -0.4 is 14.2 Å². The molecule has 6 nitrogen and oxygen atoms in total. The third-order valence-electron chi connectivity index (χ3n) is 4.40. The highest BCUT2D eigenvalue weighted by Crippen LogP contribution is 2.32. The molecular formula is C24H22N2O4. The Labute approximate surface area is 175 Å². The fourth-order valence-electron chi connectivity index (χ4n) is 2.86. The normalized spacial score (nSPS) is 11.4. The zero-order chi connectivity index (χ0) is 21.3. The molecule has 3 aromatic rings. The lowest BCUT2D eigenvalue weighted by atomic mass is 10.0. The van der Waals surface area contributed by atoms with Crippen molar-refractivity contribution in [1.29, 1.82) is 0 Å². The third kappa shape index (κ3) is 4.72. The van der Waals surface area contributed by atoms with Crippen LogP contribution in [0.1, 0.15) is 21.5 Å². The maximum absolute atomic E-state index is 13.0.